The first-order valence-electron chi connectivity index (χ1n) is 7.49. The second-order valence-corrected chi connectivity index (χ2v) is 5.15. The van der Waals surface area contributed by atoms with Gasteiger partial charge in [0, 0.05) is 11.6 Å². The molecule has 0 aliphatic carbocycles. The summed E-state index contributed by atoms with van der Waals surface area (Å²) >= 11 is 0. The lowest BCUT2D eigenvalue weighted by Crippen LogP contribution is -2.20. The number of nitrogens with one attached hydrogen (secondary N) is 1. The van der Waals surface area contributed by atoms with Crippen molar-refractivity contribution in [2.45, 2.75) is 6.04 Å². The second kappa shape index (κ2) is 8.21. The van der Waals surface area contributed by atoms with Gasteiger partial charge in [0.05, 0.1) is 20.3 Å². The smallest absolute Gasteiger partial charge is 0.255 e. The molecule has 1 amide bonds. The van der Waals surface area contributed by atoms with Gasteiger partial charge in [0.2, 0.25) is 0 Å². The van der Waals surface area contributed by atoms with E-state index in [0.717, 1.165) is 22.6 Å². The number of carbonyl (C=O) groups is 1. The standard InChI is InChI=1S/C18H22N2O4/c1-20-18(15-9-8-14(22-2)10-16(15)23-3)12-4-6-13(7-5-12)24-11-17(19)21/h4-10,18,20H,11H2,1-3H3,(H2,19,21). The molecule has 0 aliphatic rings. The lowest BCUT2D eigenvalue weighted by Gasteiger charge is -2.20. The van der Waals surface area contributed by atoms with Gasteiger partial charge in [-0.25, -0.2) is 0 Å². The molecular weight excluding hydrogens is 308 g/mol. The van der Waals surface area contributed by atoms with E-state index in [-0.39, 0.29) is 12.6 Å². The van der Waals surface area contributed by atoms with Crippen LogP contribution in [0.25, 0.3) is 0 Å². The Balaban J connectivity index is 2.26. The number of carbonyl (C=O) groups excluding carboxylic acids is 1. The highest BCUT2D eigenvalue weighted by Gasteiger charge is 2.17. The van der Waals surface area contributed by atoms with Crippen LogP contribution < -0.4 is 25.3 Å². The maximum absolute atomic E-state index is 10.8. The number of rotatable bonds is 8. The van der Waals surface area contributed by atoms with Gasteiger partial charge < -0.3 is 25.3 Å². The monoisotopic (exact) mass is 330 g/mol. The average Bonchev–Trinajstić information content (AvgIpc) is 2.61. The van der Waals surface area contributed by atoms with Gasteiger partial charge >= 0.3 is 0 Å². The lowest BCUT2D eigenvalue weighted by atomic mass is 9.97. The molecule has 128 valence electrons. The zero-order chi connectivity index (χ0) is 17.5. The van der Waals surface area contributed by atoms with Crippen molar-refractivity contribution in [1.29, 1.82) is 0 Å². The van der Waals surface area contributed by atoms with Gasteiger partial charge in [-0.3, -0.25) is 4.79 Å². The van der Waals surface area contributed by atoms with Crippen LogP contribution in [0.2, 0.25) is 0 Å². The highest BCUT2D eigenvalue weighted by molar-refractivity contribution is 5.75. The van der Waals surface area contributed by atoms with Crippen molar-refractivity contribution in [2.24, 2.45) is 5.73 Å². The summed E-state index contributed by atoms with van der Waals surface area (Å²) in [5.74, 6) is 1.56. The zero-order valence-electron chi connectivity index (χ0n) is 14.0. The van der Waals surface area contributed by atoms with Crippen LogP contribution in [0.5, 0.6) is 17.2 Å². The van der Waals surface area contributed by atoms with Gasteiger partial charge in [-0.05, 0) is 36.9 Å². The number of hydrogen-bond acceptors (Lipinski definition) is 5. The minimum atomic E-state index is -0.504. The molecular formula is C18H22N2O4. The molecule has 6 heteroatoms. The topological polar surface area (TPSA) is 82.8 Å². The van der Waals surface area contributed by atoms with E-state index in [1.165, 1.54) is 0 Å². The maximum Gasteiger partial charge on any atom is 0.255 e. The normalized spacial score (nSPS) is 11.6. The Kier molecular flexibility index (Phi) is 6.03. The summed E-state index contributed by atoms with van der Waals surface area (Å²) in [7, 11) is 5.13. The van der Waals surface area contributed by atoms with Gasteiger partial charge in [-0.15, -0.1) is 0 Å². The van der Waals surface area contributed by atoms with Gasteiger partial charge in [0.1, 0.15) is 17.2 Å². The minimum Gasteiger partial charge on any atom is -0.497 e. The molecule has 0 bridgehead atoms. The van der Waals surface area contributed by atoms with Crippen LogP contribution >= 0.6 is 0 Å². The molecule has 0 heterocycles. The fourth-order valence-corrected chi connectivity index (χ4v) is 2.47. The summed E-state index contributed by atoms with van der Waals surface area (Å²) in [5.41, 5.74) is 7.10. The fourth-order valence-electron chi connectivity index (χ4n) is 2.47. The molecule has 0 saturated carbocycles. The van der Waals surface area contributed by atoms with E-state index in [1.54, 1.807) is 26.4 Å². The van der Waals surface area contributed by atoms with Crippen LogP contribution in [0.4, 0.5) is 0 Å². The second-order valence-electron chi connectivity index (χ2n) is 5.15. The molecule has 6 nitrogen and oxygen atoms in total. The number of ether oxygens (including phenoxy) is 3. The quantitative estimate of drug-likeness (QED) is 0.772. The van der Waals surface area contributed by atoms with E-state index in [2.05, 4.69) is 5.32 Å². The molecule has 0 aliphatic heterocycles. The molecule has 1 atom stereocenters. The maximum atomic E-state index is 10.8. The van der Waals surface area contributed by atoms with E-state index in [0.29, 0.717) is 5.75 Å². The SMILES string of the molecule is CNC(c1ccc(OCC(N)=O)cc1)c1ccc(OC)cc1OC. The van der Waals surface area contributed by atoms with Crippen molar-refractivity contribution in [1.82, 2.24) is 5.32 Å². The Hall–Kier alpha value is -2.73. The summed E-state index contributed by atoms with van der Waals surface area (Å²) in [5, 5.41) is 3.28. The number of hydrogen-bond donors (Lipinski definition) is 2. The lowest BCUT2D eigenvalue weighted by molar-refractivity contribution is -0.119. The Bertz CT molecular complexity index is 686. The average molecular weight is 330 g/mol. The number of methoxy groups -OCH3 is 2. The molecule has 2 aromatic carbocycles. The Labute approximate surface area is 141 Å². The summed E-state index contributed by atoms with van der Waals surface area (Å²) in [6, 6.07) is 13.1. The van der Waals surface area contributed by atoms with Crippen LogP contribution in [0.1, 0.15) is 17.2 Å². The predicted molar refractivity (Wildman–Crippen MR) is 91.6 cm³/mol. The van der Waals surface area contributed by atoms with Crippen LogP contribution in [0.3, 0.4) is 0 Å². The molecule has 3 N–H and O–H groups in total. The number of primary amides is 1. The Morgan fingerprint density at radius 3 is 2.29 bits per heavy atom. The zero-order valence-corrected chi connectivity index (χ0v) is 14.0. The summed E-state index contributed by atoms with van der Waals surface area (Å²) in [6.45, 7) is -0.138. The minimum absolute atomic E-state index is 0.0592. The van der Waals surface area contributed by atoms with Crippen LogP contribution in [-0.2, 0) is 4.79 Å². The Morgan fingerprint density at radius 2 is 1.75 bits per heavy atom. The molecule has 0 radical (unpaired) electrons. The molecule has 0 aromatic heterocycles. The van der Waals surface area contributed by atoms with Crippen LogP contribution in [0, 0.1) is 0 Å². The van der Waals surface area contributed by atoms with Gasteiger partial charge in [-0.1, -0.05) is 12.1 Å². The molecule has 0 saturated heterocycles. The Morgan fingerprint density at radius 1 is 1.08 bits per heavy atom. The third kappa shape index (κ3) is 4.17. The number of benzene rings is 2. The predicted octanol–water partition coefficient (Wildman–Crippen LogP) is 1.88. The first kappa shape index (κ1) is 17.6. The summed E-state index contributed by atoms with van der Waals surface area (Å²) in [6.07, 6.45) is 0. The summed E-state index contributed by atoms with van der Waals surface area (Å²) < 4.78 is 16.0. The highest BCUT2D eigenvalue weighted by Crippen LogP contribution is 2.33. The molecule has 2 aromatic rings. The number of amides is 1. The van der Waals surface area contributed by atoms with Crippen molar-refractivity contribution in [3.05, 3.63) is 53.6 Å². The van der Waals surface area contributed by atoms with Gasteiger partial charge in [0.25, 0.3) is 5.91 Å². The van der Waals surface area contributed by atoms with Crippen molar-refractivity contribution in [3.63, 3.8) is 0 Å². The van der Waals surface area contributed by atoms with Crippen molar-refractivity contribution < 1.29 is 19.0 Å². The van der Waals surface area contributed by atoms with Gasteiger partial charge in [-0.2, -0.15) is 0 Å². The largest absolute Gasteiger partial charge is 0.497 e. The first-order chi connectivity index (χ1) is 11.6. The molecule has 24 heavy (non-hydrogen) atoms. The summed E-state index contributed by atoms with van der Waals surface area (Å²) in [4.78, 5) is 10.8. The van der Waals surface area contributed by atoms with Crippen molar-refractivity contribution in [3.8, 4) is 17.2 Å². The number of nitrogens with two attached hydrogens (primary N) is 1. The van der Waals surface area contributed by atoms with Crippen LogP contribution in [0.15, 0.2) is 42.5 Å². The third-order valence-electron chi connectivity index (χ3n) is 3.63. The van der Waals surface area contributed by atoms with Crippen molar-refractivity contribution >= 4 is 5.91 Å². The molecule has 1 unspecified atom stereocenters. The highest BCUT2D eigenvalue weighted by atomic mass is 16.5. The van der Waals surface area contributed by atoms with E-state index in [1.807, 2.05) is 37.4 Å². The van der Waals surface area contributed by atoms with E-state index in [9.17, 15) is 4.79 Å². The molecule has 2 rings (SSSR count). The van der Waals surface area contributed by atoms with E-state index < -0.39 is 5.91 Å². The van der Waals surface area contributed by atoms with Gasteiger partial charge in [0.15, 0.2) is 6.61 Å². The third-order valence-corrected chi connectivity index (χ3v) is 3.63. The van der Waals surface area contributed by atoms with Crippen LogP contribution in [-0.4, -0.2) is 33.8 Å². The van der Waals surface area contributed by atoms with Crippen molar-refractivity contribution in [2.75, 3.05) is 27.9 Å². The fraction of sp³-hybridized carbons (Fsp3) is 0.278. The van der Waals surface area contributed by atoms with E-state index >= 15 is 0 Å². The first-order valence-corrected chi connectivity index (χ1v) is 7.49. The molecule has 0 spiro atoms. The molecule has 0 fully saturated rings. The van der Waals surface area contributed by atoms with E-state index in [4.69, 9.17) is 19.9 Å².